The van der Waals surface area contributed by atoms with Crippen molar-refractivity contribution in [1.82, 2.24) is 4.31 Å². The van der Waals surface area contributed by atoms with Crippen LogP contribution < -0.4 is 19.5 Å². The number of nitrogens with zero attached hydrogens (tertiary/aromatic N) is 1. The highest BCUT2D eigenvalue weighted by Gasteiger charge is 2.40. The van der Waals surface area contributed by atoms with Crippen LogP contribution in [0.4, 0.5) is 5.69 Å². The smallest absolute Gasteiger partial charge is 0.339 e. The van der Waals surface area contributed by atoms with Crippen LogP contribution in [0.15, 0.2) is 35.2 Å². The lowest BCUT2D eigenvalue weighted by molar-refractivity contribution is -0.119. The molecule has 2 N–H and O–H groups in total. The molecule has 1 fully saturated rings. The molecular formula is C21H23ClN2O8S. The summed E-state index contributed by atoms with van der Waals surface area (Å²) in [6.07, 6.45) is 0.792. The largest absolute Gasteiger partial charge is 0.496 e. The SMILES string of the molecule is COc1ccc(S(=O)(=O)N2CCCC2C(=O)Nc2cc(OC)c(C(=O)O)cc2Cl)cc1OC. The highest BCUT2D eigenvalue weighted by molar-refractivity contribution is 7.89. The second-order valence-corrected chi connectivity index (χ2v) is 9.42. The third-order valence-electron chi connectivity index (χ3n) is 5.25. The molecule has 1 saturated heterocycles. The summed E-state index contributed by atoms with van der Waals surface area (Å²) in [4.78, 5) is 24.3. The van der Waals surface area contributed by atoms with E-state index < -0.39 is 27.9 Å². The molecule has 0 aromatic heterocycles. The Morgan fingerprint density at radius 1 is 1.06 bits per heavy atom. The van der Waals surface area contributed by atoms with Crippen LogP contribution in [0, 0.1) is 0 Å². The number of ether oxygens (including phenoxy) is 3. The molecule has 1 aliphatic heterocycles. The predicted molar refractivity (Wildman–Crippen MR) is 120 cm³/mol. The zero-order valence-electron chi connectivity index (χ0n) is 18.1. The van der Waals surface area contributed by atoms with Crippen molar-refractivity contribution in [2.24, 2.45) is 0 Å². The zero-order valence-corrected chi connectivity index (χ0v) is 19.7. The molecule has 12 heteroatoms. The van der Waals surface area contributed by atoms with E-state index in [2.05, 4.69) is 5.32 Å². The average molecular weight is 499 g/mol. The van der Waals surface area contributed by atoms with Crippen LogP contribution in [-0.4, -0.2) is 63.6 Å². The number of anilines is 1. The van der Waals surface area contributed by atoms with E-state index in [0.29, 0.717) is 18.6 Å². The van der Waals surface area contributed by atoms with Gasteiger partial charge in [-0.3, -0.25) is 4.79 Å². The fourth-order valence-electron chi connectivity index (χ4n) is 3.60. The third kappa shape index (κ3) is 4.85. The quantitative estimate of drug-likeness (QED) is 0.568. The summed E-state index contributed by atoms with van der Waals surface area (Å²) in [7, 11) is 0.103. The van der Waals surface area contributed by atoms with Crippen molar-refractivity contribution in [3.05, 3.63) is 40.9 Å². The van der Waals surface area contributed by atoms with Gasteiger partial charge in [-0.1, -0.05) is 11.6 Å². The molecular weight excluding hydrogens is 476 g/mol. The van der Waals surface area contributed by atoms with Crippen molar-refractivity contribution in [3.63, 3.8) is 0 Å². The molecule has 2 aromatic carbocycles. The lowest BCUT2D eigenvalue weighted by Gasteiger charge is -2.24. The van der Waals surface area contributed by atoms with E-state index in [1.54, 1.807) is 0 Å². The second-order valence-electron chi connectivity index (χ2n) is 7.12. The van der Waals surface area contributed by atoms with E-state index in [1.807, 2.05) is 0 Å². The van der Waals surface area contributed by atoms with Crippen LogP contribution in [0.5, 0.6) is 17.2 Å². The molecule has 33 heavy (non-hydrogen) atoms. The minimum absolute atomic E-state index is 0.00317. The topological polar surface area (TPSA) is 131 Å². The van der Waals surface area contributed by atoms with E-state index in [4.69, 9.17) is 25.8 Å². The van der Waals surface area contributed by atoms with Crippen LogP contribution in [0.2, 0.25) is 5.02 Å². The van der Waals surface area contributed by atoms with Crippen molar-refractivity contribution < 1.29 is 37.3 Å². The third-order valence-corrected chi connectivity index (χ3v) is 7.46. The molecule has 1 unspecified atom stereocenters. The minimum atomic E-state index is -4.02. The van der Waals surface area contributed by atoms with E-state index in [0.717, 1.165) is 10.4 Å². The highest BCUT2D eigenvalue weighted by atomic mass is 35.5. The fourth-order valence-corrected chi connectivity index (χ4v) is 5.49. The first kappa shape index (κ1) is 24.6. The van der Waals surface area contributed by atoms with Crippen molar-refractivity contribution in [1.29, 1.82) is 0 Å². The molecule has 0 spiro atoms. The molecule has 1 aliphatic rings. The summed E-state index contributed by atoms with van der Waals surface area (Å²) >= 11 is 6.15. The van der Waals surface area contributed by atoms with Gasteiger partial charge >= 0.3 is 5.97 Å². The van der Waals surface area contributed by atoms with Gasteiger partial charge in [-0.2, -0.15) is 4.31 Å². The van der Waals surface area contributed by atoms with Gasteiger partial charge in [0, 0.05) is 18.7 Å². The number of sulfonamides is 1. The Kier molecular flexibility index (Phi) is 7.35. The number of rotatable bonds is 8. The van der Waals surface area contributed by atoms with Crippen LogP contribution in [0.1, 0.15) is 23.2 Å². The monoisotopic (exact) mass is 498 g/mol. The Balaban J connectivity index is 1.89. The normalized spacial score (nSPS) is 16.3. The number of halogens is 1. The summed E-state index contributed by atoms with van der Waals surface area (Å²) in [6.45, 7) is 0.157. The number of methoxy groups -OCH3 is 3. The number of carboxylic acid groups (broad SMARTS) is 1. The van der Waals surface area contributed by atoms with Crippen LogP contribution in [-0.2, 0) is 14.8 Å². The summed E-state index contributed by atoms with van der Waals surface area (Å²) in [5.41, 5.74) is -0.0575. The number of carboxylic acids is 1. The van der Waals surface area contributed by atoms with Crippen LogP contribution in [0.3, 0.4) is 0 Å². The maximum Gasteiger partial charge on any atom is 0.339 e. The summed E-state index contributed by atoms with van der Waals surface area (Å²) in [5.74, 6) is -1.21. The van der Waals surface area contributed by atoms with Gasteiger partial charge in [-0.25, -0.2) is 13.2 Å². The number of aromatic carboxylic acids is 1. The number of carbonyl (C=O) groups is 2. The number of benzene rings is 2. The first-order chi connectivity index (χ1) is 15.6. The summed E-state index contributed by atoms with van der Waals surface area (Å²) in [6, 6.07) is 5.66. The molecule has 1 heterocycles. The van der Waals surface area contributed by atoms with Crippen molar-refractivity contribution in [3.8, 4) is 17.2 Å². The summed E-state index contributed by atoms with van der Waals surface area (Å²) in [5, 5.41) is 11.8. The zero-order chi connectivity index (χ0) is 24.3. The van der Waals surface area contributed by atoms with Gasteiger partial charge in [0.2, 0.25) is 15.9 Å². The number of hydrogen-bond acceptors (Lipinski definition) is 7. The Bertz CT molecular complexity index is 1190. The molecule has 1 atom stereocenters. The van der Waals surface area contributed by atoms with Gasteiger partial charge < -0.3 is 24.6 Å². The van der Waals surface area contributed by atoms with Crippen molar-refractivity contribution in [2.75, 3.05) is 33.2 Å². The van der Waals surface area contributed by atoms with E-state index in [1.165, 1.54) is 45.6 Å². The molecule has 2 aromatic rings. The number of carbonyl (C=O) groups excluding carboxylic acids is 1. The molecule has 178 valence electrons. The number of nitrogens with one attached hydrogen (secondary N) is 1. The fraction of sp³-hybridized carbons (Fsp3) is 0.333. The molecule has 10 nitrogen and oxygen atoms in total. The van der Waals surface area contributed by atoms with Gasteiger partial charge in [0.25, 0.3) is 0 Å². The van der Waals surface area contributed by atoms with Gasteiger partial charge in [-0.15, -0.1) is 0 Å². The lowest BCUT2D eigenvalue weighted by Crippen LogP contribution is -2.43. The number of amides is 1. The van der Waals surface area contributed by atoms with Gasteiger partial charge in [-0.05, 0) is 31.0 Å². The molecule has 0 radical (unpaired) electrons. The van der Waals surface area contributed by atoms with Crippen LogP contribution in [0.25, 0.3) is 0 Å². The van der Waals surface area contributed by atoms with Crippen molar-refractivity contribution in [2.45, 2.75) is 23.8 Å². The Morgan fingerprint density at radius 3 is 2.33 bits per heavy atom. The summed E-state index contributed by atoms with van der Waals surface area (Å²) < 4.78 is 43.1. The second kappa shape index (κ2) is 9.86. The maximum atomic E-state index is 13.3. The average Bonchev–Trinajstić information content (AvgIpc) is 3.30. The first-order valence-corrected chi connectivity index (χ1v) is 11.6. The highest BCUT2D eigenvalue weighted by Crippen LogP contribution is 2.35. The molecule has 3 rings (SSSR count). The minimum Gasteiger partial charge on any atom is -0.496 e. The van der Waals surface area contributed by atoms with Gasteiger partial charge in [0.05, 0.1) is 36.9 Å². The molecule has 0 saturated carbocycles. The van der Waals surface area contributed by atoms with Gasteiger partial charge in [0.15, 0.2) is 11.5 Å². The van der Waals surface area contributed by atoms with E-state index in [9.17, 15) is 23.1 Å². The standard InChI is InChI=1S/C21H23ClN2O8S/c1-30-17-7-6-12(9-19(17)32-3)33(28,29)24-8-4-5-16(24)20(25)23-15-11-18(31-2)13(21(26)27)10-14(15)22/h6-7,9-11,16H,4-5,8H2,1-3H3,(H,23,25)(H,26,27). The number of hydrogen-bond donors (Lipinski definition) is 2. The molecule has 0 bridgehead atoms. The molecule has 1 amide bonds. The Hall–Kier alpha value is -3.02. The maximum absolute atomic E-state index is 13.3. The Labute approximate surface area is 196 Å². The predicted octanol–water partition coefficient (Wildman–Crippen LogP) is 2.86. The van der Waals surface area contributed by atoms with E-state index >= 15 is 0 Å². The van der Waals surface area contributed by atoms with E-state index in [-0.39, 0.29) is 39.2 Å². The lowest BCUT2D eigenvalue weighted by atomic mass is 10.1. The van der Waals surface area contributed by atoms with Crippen LogP contribution >= 0.6 is 11.6 Å². The van der Waals surface area contributed by atoms with Gasteiger partial charge in [0.1, 0.15) is 17.4 Å². The molecule has 0 aliphatic carbocycles. The van der Waals surface area contributed by atoms with Crippen molar-refractivity contribution >= 4 is 39.2 Å². The first-order valence-electron chi connectivity index (χ1n) is 9.79. The Morgan fingerprint density at radius 2 is 1.73 bits per heavy atom.